The number of aliphatic hydroxyl groups is 1. The number of aryl methyl sites for hydroxylation is 2. The highest BCUT2D eigenvalue weighted by atomic mass is 35.5. The summed E-state index contributed by atoms with van der Waals surface area (Å²) in [4.78, 5) is 0. The van der Waals surface area contributed by atoms with Gasteiger partial charge in [-0.05, 0) is 37.1 Å². The Morgan fingerprint density at radius 2 is 2.00 bits per heavy atom. The Labute approximate surface area is 94.8 Å². The number of aliphatic hydroxyl groups excluding tert-OH is 1. The molecule has 1 unspecified atom stereocenters. The monoisotopic (exact) mass is 229 g/mol. The first-order valence-electron chi connectivity index (χ1n) is 4.82. The minimum atomic E-state index is -0.650. The summed E-state index contributed by atoms with van der Waals surface area (Å²) < 4.78 is 5.36. The fraction of sp³-hybridized carbons (Fsp3) is 0.455. The molecule has 1 aromatic rings. The van der Waals surface area contributed by atoms with Crippen LogP contribution < -0.4 is 10.5 Å². The minimum Gasteiger partial charge on any atom is -0.489 e. The topological polar surface area (TPSA) is 55.5 Å². The molecule has 84 valence electrons. The fourth-order valence-corrected chi connectivity index (χ4v) is 1.39. The van der Waals surface area contributed by atoms with E-state index in [0.29, 0.717) is 10.8 Å². The molecule has 0 aliphatic rings. The Balaban J connectivity index is 2.73. The molecule has 0 aliphatic heterocycles. The van der Waals surface area contributed by atoms with Gasteiger partial charge < -0.3 is 15.6 Å². The minimum absolute atomic E-state index is 0.165. The van der Waals surface area contributed by atoms with E-state index in [1.54, 1.807) is 0 Å². The lowest BCUT2D eigenvalue weighted by Crippen LogP contribution is -2.26. The van der Waals surface area contributed by atoms with Crippen LogP contribution in [0.4, 0.5) is 0 Å². The van der Waals surface area contributed by atoms with Gasteiger partial charge in [0.05, 0.1) is 5.02 Å². The highest BCUT2D eigenvalue weighted by Gasteiger charge is 2.07. The second-order valence-electron chi connectivity index (χ2n) is 3.57. The van der Waals surface area contributed by atoms with Crippen molar-refractivity contribution >= 4 is 11.6 Å². The van der Waals surface area contributed by atoms with Gasteiger partial charge in [-0.25, -0.2) is 0 Å². The summed E-state index contributed by atoms with van der Waals surface area (Å²) in [5, 5.41) is 9.80. The Morgan fingerprint density at radius 3 is 2.60 bits per heavy atom. The van der Waals surface area contributed by atoms with Crippen LogP contribution in [0.3, 0.4) is 0 Å². The van der Waals surface area contributed by atoms with Gasteiger partial charge >= 0.3 is 0 Å². The average molecular weight is 230 g/mol. The molecule has 0 spiro atoms. The normalized spacial score (nSPS) is 12.6. The highest BCUT2D eigenvalue weighted by molar-refractivity contribution is 6.32. The Bertz CT molecular complexity index is 342. The number of hydrogen-bond donors (Lipinski definition) is 2. The molecule has 15 heavy (non-hydrogen) atoms. The maximum Gasteiger partial charge on any atom is 0.138 e. The van der Waals surface area contributed by atoms with Crippen molar-refractivity contribution in [1.82, 2.24) is 0 Å². The molecule has 3 N–H and O–H groups in total. The van der Waals surface area contributed by atoms with Crippen molar-refractivity contribution in [2.75, 3.05) is 13.2 Å². The van der Waals surface area contributed by atoms with E-state index in [1.807, 2.05) is 26.0 Å². The van der Waals surface area contributed by atoms with E-state index >= 15 is 0 Å². The second-order valence-corrected chi connectivity index (χ2v) is 3.97. The molecule has 0 aromatic heterocycles. The van der Waals surface area contributed by atoms with Crippen molar-refractivity contribution in [3.8, 4) is 5.75 Å². The van der Waals surface area contributed by atoms with Gasteiger partial charge in [-0.3, -0.25) is 0 Å². The first-order valence-corrected chi connectivity index (χ1v) is 5.20. The van der Waals surface area contributed by atoms with Gasteiger partial charge in [0, 0.05) is 6.54 Å². The van der Waals surface area contributed by atoms with Crippen LogP contribution in [-0.2, 0) is 0 Å². The van der Waals surface area contributed by atoms with E-state index in [2.05, 4.69) is 0 Å². The Kier molecular flexibility index (Phi) is 4.39. The summed E-state index contributed by atoms with van der Waals surface area (Å²) in [6.07, 6.45) is -0.650. The molecule has 1 atom stereocenters. The van der Waals surface area contributed by atoms with Gasteiger partial charge in [0.2, 0.25) is 0 Å². The molecule has 0 radical (unpaired) electrons. The summed E-state index contributed by atoms with van der Waals surface area (Å²) in [6.45, 7) is 4.32. The number of halogens is 1. The third kappa shape index (κ3) is 3.38. The van der Waals surface area contributed by atoms with Crippen molar-refractivity contribution in [3.63, 3.8) is 0 Å². The first kappa shape index (κ1) is 12.3. The van der Waals surface area contributed by atoms with Gasteiger partial charge in [0.25, 0.3) is 0 Å². The molecule has 3 nitrogen and oxygen atoms in total. The van der Waals surface area contributed by atoms with Gasteiger partial charge in [0.15, 0.2) is 0 Å². The molecule has 0 heterocycles. The zero-order valence-electron chi connectivity index (χ0n) is 8.96. The van der Waals surface area contributed by atoms with Crippen molar-refractivity contribution in [2.24, 2.45) is 5.73 Å². The van der Waals surface area contributed by atoms with E-state index in [9.17, 15) is 5.11 Å². The summed E-state index contributed by atoms with van der Waals surface area (Å²) in [5.74, 6) is 0.590. The highest BCUT2D eigenvalue weighted by Crippen LogP contribution is 2.27. The van der Waals surface area contributed by atoms with E-state index in [4.69, 9.17) is 22.1 Å². The molecular formula is C11H16ClNO2. The Morgan fingerprint density at radius 1 is 1.40 bits per heavy atom. The molecule has 0 amide bonds. The van der Waals surface area contributed by atoms with Crippen molar-refractivity contribution < 1.29 is 9.84 Å². The zero-order valence-corrected chi connectivity index (χ0v) is 9.71. The third-order valence-electron chi connectivity index (χ3n) is 2.25. The van der Waals surface area contributed by atoms with Crippen LogP contribution in [0.5, 0.6) is 5.75 Å². The molecular weight excluding hydrogens is 214 g/mol. The summed E-state index contributed by atoms with van der Waals surface area (Å²) in [6, 6.07) is 3.71. The fourth-order valence-electron chi connectivity index (χ4n) is 1.12. The number of hydrogen-bond acceptors (Lipinski definition) is 3. The van der Waals surface area contributed by atoms with Crippen molar-refractivity contribution in [3.05, 3.63) is 28.3 Å². The first-order chi connectivity index (χ1) is 7.04. The summed E-state index contributed by atoms with van der Waals surface area (Å²) in [5.41, 5.74) is 7.49. The molecule has 0 fully saturated rings. The molecule has 0 aliphatic carbocycles. The smallest absolute Gasteiger partial charge is 0.138 e. The second kappa shape index (κ2) is 5.35. The molecule has 1 aromatic carbocycles. The molecule has 0 bridgehead atoms. The van der Waals surface area contributed by atoms with E-state index < -0.39 is 6.10 Å². The van der Waals surface area contributed by atoms with Gasteiger partial charge in [-0.15, -0.1) is 0 Å². The quantitative estimate of drug-likeness (QED) is 0.826. The lowest BCUT2D eigenvalue weighted by molar-refractivity contribution is 0.114. The number of nitrogens with two attached hydrogens (primary N) is 1. The lowest BCUT2D eigenvalue weighted by Gasteiger charge is -2.13. The number of rotatable bonds is 4. The zero-order chi connectivity index (χ0) is 11.4. The maximum absolute atomic E-state index is 9.24. The molecule has 1 rings (SSSR count). The predicted molar refractivity (Wildman–Crippen MR) is 61.5 cm³/mol. The van der Waals surface area contributed by atoms with Crippen LogP contribution >= 0.6 is 11.6 Å². The third-order valence-corrected chi connectivity index (χ3v) is 2.55. The summed E-state index contributed by atoms with van der Waals surface area (Å²) in [7, 11) is 0. The molecule has 4 heteroatoms. The van der Waals surface area contributed by atoms with Gasteiger partial charge in [-0.2, -0.15) is 0 Å². The van der Waals surface area contributed by atoms with Crippen LogP contribution in [0, 0.1) is 13.8 Å². The van der Waals surface area contributed by atoms with Gasteiger partial charge in [0.1, 0.15) is 18.5 Å². The molecule has 0 saturated carbocycles. The van der Waals surface area contributed by atoms with Crippen molar-refractivity contribution in [2.45, 2.75) is 20.0 Å². The van der Waals surface area contributed by atoms with Crippen LogP contribution in [0.2, 0.25) is 5.02 Å². The largest absolute Gasteiger partial charge is 0.489 e. The van der Waals surface area contributed by atoms with Crippen LogP contribution in [0.15, 0.2) is 12.1 Å². The Hall–Kier alpha value is -0.770. The number of ether oxygens (including phenoxy) is 1. The summed E-state index contributed by atoms with van der Waals surface area (Å²) >= 11 is 5.99. The lowest BCUT2D eigenvalue weighted by atomic mass is 10.1. The standard InChI is InChI=1S/C11H16ClNO2/c1-7-3-10(12)11(4-8(7)2)15-6-9(14)5-13/h3-4,9,14H,5-6,13H2,1-2H3. The van der Waals surface area contributed by atoms with E-state index in [-0.39, 0.29) is 13.2 Å². The van der Waals surface area contributed by atoms with Gasteiger partial charge in [-0.1, -0.05) is 11.6 Å². The van der Waals surface area contributed by atoms with Crippen molar-refractivity contribution in [1.29, 1.82) is 0 Å². The average Bonchev–Trinajstić information content (AvgIpc) is 2.21. The maximum atomic E-state index is 9.24. The predicted octanol–water partition coefficient (Wildman–Crippen LogP) is 1.66. The number of benzene rings is 1. The SMILES string of the molecule is Cc1cc(Cl)c(OCC(O)CN)cc1C. The van der Waals surface area contributed by atoms with Crippen LogP contribution in [-0.4, -0.2) is 24.4 Å². The van der Waals surface area contributed by atoms with E-state index in [0.717, 1.165) is 11.1 Å². The van der Waals surface area contributed by atoms with Crippen LogP contribution in [0.25, 0.3) is 0 Å². The van der Waals surface area contributed by atoms with Crippen LogP contribution in [0.1, 0.15) is 11.1 Å². The molecule has 0 saturated heterocycles. The van der Waals surface area contributed by atoms with E-state index in [1.165, 1.54) is 0 Å².